The van der Waals surface area contributed by atoms with Crippen molar-refractivity contribution in [3.63, 3.8) is 0 Å². The molecule has 1 saturated heterocycles. The highest BCUT2D eigenvalue weighted by atomic mass is 28.4. The molecule has 0 aromatic carbocycles. The third-order valence-corrected chi connectivity index (χ3v) is 9.72. The molecule has 0 aliphatic carbocycles. The molecule has 0 amide bonds. The molecular weight excluding hydrogens is 271 g/mol. The second-order valence-corrected chi connectivity index (χ2v) is 12.4. The van der Waals surface area contributed by atoms with E-state index in [1.54, 1.807) is 0 Å². The standard InChI is InChI=1S/C14H31BO4Si/c1-10-11(19-20(5,6)13(2,3)4)12(15)18-14(10,9-17)7-8-16/h10-12,16-17H,7-9,15H2,1-6H3/t10-,11?,12-,14-/m1/s1. The summed E-state index contributed by atoms with van der Waals surface area (Å²) in [6, 6.07) is -0.0576. The van der Waals surface area contributed by atoms with Crippen LogP contribution in [0.1, 0.15) is 34.1 Å². The van der Waals surface area contributed by atoms with Gasteiger partial charge in [0, 0.05) is 24.9 Å². The van der Waals surface area contributed by atoms with Crippen LogP contribution in [-0.2, 0) is 9.16 Å². The van der Waals surface area contributed by atoms with Gasteiger partial charge < -0.3 is 19.4 Å². The van der Waals surface area contributed by atoms with Gasteiger partial charge in [-0.15, -0.1) is 0 Å². The molecule has 6 heteroatoms. The maximum absolute atomic E-state index is 9.73. The van der Waals surface area contributed by atoms with E-state index in [4.69, 9.17) is 9.16 Å². The fraction of sp³-hybridized carbons (Fsp3) is 1.00. The first-order chi connectivity index (χ1) is 9.00. The maximum Gasteiger partial charge on any atom is 0.192 e. The highest BCUT2D eigenvalue weighted by Crippen LogP contribution is 2.44. The van der Waals surface area contributed by atoms with Gasteiger partial charge in [0.05, 0.1) is 18.3 Å². The molecule has 0 aromatic heterocycles. The van der Waals surface area contributed by atoms with Gasteiger partial charge in [-0.3, -0.25) is 0 Å². The van der Waals surface area contributed by atoms with Gasteiger partial charge in [0.1, 0.15) is 7.85 Å². The lowest BCUT2D eigenvalue weighted by atomic mass is 9.82. The third-order valence-electron chi connectivity index (χ3n) is 5.25. The minimum atomic E-state index is -1.88. The SMILES string of the molecule is B[C@@H]1O[C@@](CO)(CCO)[C@H](C)C1O[Si](C)(C)C(C)(C)C. The van der Waals surface area contributed by atoms with E-state index in [0.717, 1.165) is 0 Å². The van der Waals surface area contributed by atoms with Crippen LogP contribution in [-0.4, -0.2) is 57.3 Å². The first-order valence-corrected chi connectivity index (χ1v) is 10.5. The summed E-state index contributed by atoms with van der Waals surface area (Å²) in [4.78, 5) is 0. The maximum atomic E-state index is 9.73. The van der Waals surface area contributed by atoms with Crippen molar-refractivity contribution in [2.45, 2.75) is 70.0 Å². The van der Waals surface area contributed by atoms with E-state index in [0.29, 0.717) is 6.42 Å². The average Bonchev–Trinajstić information content (AvgIpc) is 2.53. The topological polar surface area (TPSA) is 58.9 Å². The van der Waals surface area contributed by atoms with E-state index in [-0.39, 0.29) is 36.3 Å². The van der Waals surface area contributed by atoms with E-state index in [2.05, 4.69) is 40.8 Å². The number of ether oxygens (including phenoxy) is 1. The van der Waals surface area contributed by atoms with Crippen molar-refractivity contribution in [3.05, 3.63) is 0 Å². The Balaban J connectivity index is 2.92. The van der Waals surface area contributed by atoms with Crippen LogP contribution in [0.2, 0.25) is 18.1 Å². The molecule has 1 aliphatic rings. The molecule has 0 radical (unpaired) electrons. The van der Waals surface area contributed by atoms with Crippen molar-refractivity contribution in [1.82, 2.24) is 0 Å². The van der Waals surface area contributed by atoms with Crippen molar-refractivity contribution in [2.75, 3.05) is 13.2 Å². The van der Waals surface area contributed by atoms with Gasteiger partial charge in [-0.2, -0.15) is 0 Å². The highest BCUT2D eigenvalue weighted by molar-refractivity contribution is 6.74. The Hall–Kier alpha value is 0.122. The summed E-state index contributed by atoms with van der Waals surface area (Å²) in [5, 5.41) is 19.1. The normalized spacial score (nSPS) is 35.5. The summed E-state index contributed by atoms with van der Waals surface area (Å²) in [7, 11) is 0.127. The molecule has 20 heavy (non-hydrogen) atoms. The second kappa shape index (κ2) is 6.09. The zero-order chi connectivity index (χ0) is 15.8. The van der Waals surface area contributed by atoms with Gasteiger partial charge in [0.15, 0.2) is 8.32 Å². The number of hydrogen-bond donors (Lipinski definition) is 2. The zero-order valence-electron chi connectivity index (χ0n) is 14.1. The summed E-state index contributed by atoms with van der Waals surface area (Å²) >= 11 is 0. The van der Waals surface area contributed by atoms with Crippen LogP contribution in [0.5, 0.6) is 0 Å². The quantitative estimate of drug-likeness (QED) is 0.747. The molecule has 118 valence electrons. The fourth-order valence-corrected chi connectivity index (χ4v) is 4.13. The lowest BCUT2D eigenvalue weighted by molar-refractivity contribution is -0.0813. The zero-order valence-corrected chi connectivity index (χ0v) is 15.1. The van der Waals surface area contributed by atoms with Gasteiger partial charge in [-0.1, -0.05) is 27.7 Å². The van der Waals surface area contributed by atoms with E-state index >= 15 is 0 Å². The average molecular weight is 302 g/mol. The molecule has 1 heterocycles. The van der Waals surface area contributed by atoms with Gasteiger partial charge in [0.25, 0.3) is 0 Å². The van der Waals surface area contributed by atoms with Gasteiger partial charge >= 0.3 is 0 Å². The van der Waals surface area contributed by atoms with E-state index in [9.17, 15) is 10.2 Å². The van der Waals surface area contributed by atoms with Crippen LogP contribution in [0.15, 0.2) is 0 Å². The van der Waals surface area contributed by atoms with Gasteiger partial charge in [0.2, 0.25) is 0 Å². The van der Waals surface area contributed by atoms with Crippen molar-refractivity contribution >= 4 is 16.2 Å². The smallest absolute Gasteiger partial charge is 0.192 e. The van der Waals surface area contributed by atoms with Crippen LogP contribution in [0.3, 0.4) is 0 Å². The van der Waals surface area contributed by atoms with Crippen molar-refractivity contribution < 1.29 is 19.4 Å². The molecule has 1 unspecified atom stereocenters. The molecule has 0 aromatic rings. The van der Waals surface area contributed by atoms with Crippen molar-refractivity contribution in [2.24, 2.45) is 5.92 Å². The summed E-state index contributed by atoms with van der Waals surface area (Å²) in [5.41, 5.74) is -0.665. The minimum Gasteiger partial charge on any atom is -0.412 e. The first kappa shape index (κ1) is 18.2. The molecule has 1 aliphatic heterocycles. The Morgan fingerprint density at radius 2 is 1.85 bits per heavy atom. The molecule has 2 N–H and O–H groups in total. The Morgan fingerprint density at radius 3 is 2.25 bits per heavy atom. The second-order valence-electron chi connectivity index (χ2n) is 7.65. The van der Waals surface area contributed by atoms with Crippen LogP contribution in [0.4, 0.5) is 0 Å². The summed E-state index contributed by atoms with van der Waals surface area (Å²) in [6.45, 7) is 13.1. The molecule has 0 saturated carbocycles. The van der Waals surface area contributed by atoms with Gasteiger partial charge in [-0.25, -0.2) is 0 Å². The molecule has 4 nitrogen and oxygen atoms in total. The van der Waals surface area contributed by atoms with Crippen LogP contribution in [0.25, 0.3) is 0 Å². The number of aliphatic hydroxyl groups excluding tert-OH is 2. The largest absolute Gasteiger partial charge is 0.412 e. The lowest BCUT2D eigenvalue weighted by Gasteiger charge is -2.40. The van der Waals surface area contributed by atoms with E-state index < -0.39 is 13.9 Å². The summed E-state index contributed by atoms with van der Waals surface area (Å²) in [6.07, 6.45) is 0.432. The molecule has 4 atom stereocenters. The van der Waals surface area contributed by atoms with Crippen molar-refractivity contribution in [3.8, 4) is 0 Å². The minimum absolute atomic E-state index is 0.0183. The number of rotatable bonds is 5. The van der Waals surface area contributed by atoms with Crippen molar-refractivity contribution in [1.29, 1.82) is 0 Å². The molecule has 1 rings (SSSR count). The molecular formula is C14H31BO4Si. The molecule has 0 bridgehead atoms. The first-order valence-electron chi connectivity index (χ1n) is 7.58. The fourth-order valence-electron chi connectivity index (χ4n) is 2.70. The van der Waals surface area contributed by atoms with E-state index in [1.807, 2.05) is 7.85 Å². The Labute approximate surface area is 125 Å². The predicted octanol–water partition coefficient (Wildman–Crippen LogP) is 1.12. The molecule has 1 fully saturated rings. The Bertz CT molecular complexity index is 332. The Morgan fingerprint density at radius 1 is 1.30 bits per heavy atom. The lowest BCUT2D eigenvalue weighted by Crippen LogP contribution is -2.49. The van der Waals surface area contributed by atoms with Gasteiger partial charge in [-0.05, 0) is 18.1 Å². The Kier molecular flexibility index (Phi) is 5.53. The summed E-state index contributed by atoms with van der Waals surface area (Å²) < 4.78 is 12.5. The van der Waals surface area contributed by atoms with Crippen LogP contribution >= 0.6 is 0 Å². The number of aliphatic hydroxyl groups is 2. The summed E-state index contributed by atoms with van der Waals surface area (Å²) in [5.74, 6) is 0.0729. The third kappa shape index (κ3) is 3.30. The molecule has 0 spiro atoms. The van der Waals surface area contributed by atoms with Crippen LogP contribution < -0.4 is 0 Å². The van der Waals surface area contributed by atoms with E-state index in [1.165, 1.54) is 0 Å². The highest BCUT2D eigenvalue weighted by Gasteiger charge is 2.53. The predicted molar refractivity (Wildman–Crippen MR) is 86.2 cm³/mol. The number of hydrogen-bond acceptors (Lipinski definition) is 4. The van der Waals surface area contributed by atoms with Crippen LogP contribution in [0, 0.1) is 5.92 Å². The monoisotopic (exact) mass is 302 g/mol.